The zero-order valence-corrected chi connectivity index (χ0v) is 21.2. The Balaban J connectivity index is 1.83. The van der Waals surface area contributed by atoms with E-state index in [1.807, 2.05) is 109 Å². The van der Waals surface area contributed by atoms with E-state index >= 15 is 0 Å². The molecule has 0 amide bonds. The van der Waals surface area contributed by atoms with Gasteiger partial charge in [0.2, 0.25) is 0 Å². The van der Waals surface area contributed by atoms with E-state index in [1.165, 1.54) is 0 Å². The van der Waals surface area contributed by atoms with Crippen LogP contribution in [0, 0.1) is 23.7 Å². The fourth-order valence-corrected chi connectivity index (χ4v) is 4.84. The second-order valence-corrected chi connectivity index (χ2v) is 9.32. The van der Waals surface area contributed by atoms with E-state index in [0.717, 1.165) is 8.95 Å². The highest BCUT2D eigenvalue weighted by Gasteiger charge is 2.32. The third-order valence-electron chi connectivity index (χ3n) is 5.46. The molecule has 0 aromatic heterocycles. The van der Waals surface area contributed by atoms with Crippen LogP contribution in [-0.2, 0) is 11.2 Å². The average molecular weight is 572 g/mol. The Labute approximate surface area is 216 Å². The molecule has 0 aliphatic carbocycles. The molecule has 0 saturated carbocycles. The van der Waals surface area contributed by atoms with Crippen molar-refractivity contribution < 1.29 is 10.2 Å². The molecular formula is C30H20Br2O2. The van der Waals surface area contributed by atoms with Crippen LogP contribution in [0.5, 0.6) is 0 Å². The average Bonchev–Trinajstić information content (AvgIpc) is 2.88. The quantitative estimate of drug-likeness (QED) is 0.279. The normalized spacial score (nSPS) is 13.9. The van der Waals surface area contributed by atoms with Gasteiger partial charge in [-0.1, -0.05) is 129 Å². The highest BCUT2D eigenvalue weighted by atomic mass is 79.9. The summed E-state index contributed by atoms with van der Waals surface area (Å²) >= 11 is 7.06. The van der Waals surface area contributed by atoms with Crippen LogP contribution in [-0.4, -0.2) is 10.2 Å². The lowest BCUT2D eigenvalue weighted by Gasteiger charge is -2.25. The van der Waals surface area contributed by atoms with Gasteiger partial charge in [0, 0.05) is 31.2 Å². The Bertz CT molecular complexity index is 1300. The molecule has 0 aliphatic heterocycles. The Morgan fingerprint density at radius 3 is 1.15 bits per heavy atom. The van der Waals surface area contributed by atoms with Gasteiger partial charge in [-0.3, -0.25) is 0 Å². The maximum absolute atomic E-state index is 11.7. The molecule has 2 atom stereocenters. The Hall–Kier alpha value is -3.12. The van der Waals surface area contributed by atoms with Gasteiger partial charge >= 0.3 is 0 Å². The number of halogens is 2. The first-order valence-corrected chi connectivity index (χ1v) is 12.1. The van der Waals surface area contributed by atoms with Crippen LogP contribution >= 0.6 is 31.9 Å². The van der Waals surface area contributed by atoms with Crippen molar-refractivity contribution in [2.24, 2.45) is 0 Å². The van der Waals surface area contributed by atoms with Crippen LogP contribution in [0.25, 0.3) is 0 Å². The van der Waals surface area contributed by atoms with Crippen molar-refractivity contribution in [1.82, 2.24) is 0 Å². The van der Waals surface area contributed by atoms with Gasteiger partial charge in [-0.15, -0.1) is 0 Å². The van der Waals surface area contributed by atoms with Gasteiger partial charge in [-0.05, 0) is 35.8 Å². The fraction of sp³-hybridized carbons (Fsp3) is 0.0667. The Morgan fingerprint density at radius 1 is 0.471 bits per heavy atom. The molecule has 0 fully saturated rings. The summed E-state index contributed by atoms with van der Waals surface area (Å²) in [5.74, 6) is 11.5. The molecule has 0 bridgehead atoms. The monoisotopic (exact) mass is 570 g/mol. The molecule has 0 heterocycles. The number of hydrogen-bond donors (Lipinski definition) is 2. The second-order valence-electron chi connectivity index (χ2n) is 7.61. The summed E-state index contributed by atoms with van der Waals surface area (Å²) in [6.45, 7) is 0. The van der Waals surface area contributed by atoms with Crippen molar-refractivity contribution in [2.45, 2.75) is 11.2 Å². The predicted molar refractivity (Wildman–Crippen MR) is 143 cm³/mol. The minimum Gasteiger partial charge on any atom is -0.369 e. The summed E-state index contributed by atoms with van der Waals surface area (Å²) in [6.07, 6.45) is 0. The van der Waals surface area contributed by atoms with Crippen LogP contribution in [0.3, 0.4) is 0 Å². The SMILES string of the molecule is O[C@](C#CC#C[C@@](O)(c1ccccc1)c1ccccc1Br)(c1ccccc1)c1ccccc1Br. The lowest BCUT2D eigenvalue weighted by Crippen LogP contribution is -2.26. The van der Waals surface area contributed by atoms with Crippen LogP contribution in [0.2, 0.25) is 0 Å². The lowest BCUT2D eigenvalue weighted by molar-refractivity contribution is 0.143. The minimum absolute atomic E-state index is 0.611. The van der Waals surface area contributed by atoms with Crippen LogP contribution < -0.4 is 0 Å². The van der Waals surface area contributed by atoms with Gasteiger partial charge in [0.15, 0.2) is 11.2 Å². The standard InChI is InChI=1S/C30H20Br2O2/c31-27-19-9-7-17-25(27)29(33,23-13-3-1-4-14-23)21-11-12-22-30(34,24-15-5-2-6-16-24)26-18-8-10-20-28(26)32/h1-10,13-20,33-34H/t29-,30-/m1/s1. The highest BCUT2D eigenvalue weighted by Crippen LogP contribution is 2.35. The molecule has 4 rings (SSSR count). The Kier molecular flexibility index (Phi) is 7.37. The topological polar surface area (TPSA) is 40.5 Å². The van der Waals surface area contributed by atoms with Crippen LogP contribution in [0.15, 0.2) is 118 Å². The Morgan fingerprint density at radius 2 is 0.794 bits per heavy atom. The van der Waals surface area contributed by atoms with Gasteiger partial charge in [0.1, 0.15) is 0 Å². The molecular weight excluding hydrogens is 552 g/mol. The van der Waals surface area contributed by atoms with E-state index in [-0.39, 0.29) is 0 Å². The van der Waals surface area contributed by atoms with Crippen LogP contribution in [0.4, 0.5) is 0 Å². The number of aliphatic hydroxyl groups is 2. The molecule has 0 radical (unpaired) electrons. The molecule has 2 nitrogen and oxygen atoms in total. The van der Waals surface area contributed by atoms with Gasteiger partial charge in [-0.25, -0.2) is 0 Å². The molecule has 34 heavy (non-hydrogen) atoms. The first kappa shape index (κ1) is 24.0. The van der Waals surface area contributed by atoms with Crippen molar-refractivity contribution in [1.29, 1.82) is 0 Å². The summed E-state index contributed by atoms with van der Waals surface area (Å²) in [4.78, 5) is 0. The number of benzene rings is 4. The molecule has 166 valence electrons. The number of rotatable bonds is 4. The predicted octanol–water partition coefficient (Wildman–Crippen LogP) is 6.39. The summed E-state index contributed by atoms with van der Waals surface area (Å²) < 4.78 is 1.47. The molecule has 4 aromatic rings. The number of hydrogen-bond acceptors (Lipinski definition) is 2. The fourth-order valence-electron chi connectivity index (χ4n) is 3.70. The molecule has 2 N–H and O–H groups in total. The van der Waals surface area contributed by atoms with Crippen molar-refractivity contribution in [3.63, 3.8) is 0 Å². The largest absolute Gasteiger partial charge is 0.369 e. The van der Waals surface area contributed by atoms with E-state index in [0.29, 0.717) is 22.3 Å². The highest BCUT2D eigenvalue weighted by molar-refractivity contribution is 9.10. The third kappa shape index (κ3) is 4.87. The van der Waals surface area contributed by atoms with Gasteiger partial charge in [-0.2, -0.15) is 0 Å². The smallest absolute Gasteiger partial charge is 0.178 e. The van der Waals surface area contributed by atoms with Crippen LogP contribution in [0.1, 0.15) is 22.3 Å². The van der Waals surface area contributed by atoms with Gasteiger partial charge in [0.25, 0.3) is 0 Å². The van der Waals surface area contributed by atoms with Crippen molar-refractivity contribution in [2.75, 3.05) is 0 Å². The van der Waals surface area contributed by atoms with Gasteiger partial charge in [0.05, 0.1) is 0 Å². The van der Waals surface area contributed by atoms with E-state index in [4.69, 9.17) is 0 Å². The molecule has 4 aromatic carbocycles. The summed E-state index contributed by atoms with van der Waals surface area (Å²) in [6, 6.07) is 33.3. The molecule has 0 spiro atoms. The second kappa shape index (κ2) is 10.4. The minimum atomic E-state index is -1.59. The van der Waals surface area contributed by atoms with E-state index in [2.05, 4.69) is 55.5 Å². The first-order chi connectivity index (χ1) is 16.4. The van der Waals surface area contributed by atoms with Crippen molar-refractivity contribution in [3.05, 3.63) is 140 Å². The third-order valence-corrected chi connectivity index (χ3v) is 6.84. The molecule has 4 heteroatoms. The lowest BCUT2D eigenvalue weighted by atomic mass is 9.86. The first-order valence-electron chi connectivity index (χ1n) is 10.6. The summed E-state index contributed by atoms with van der Waals surface area (Å²) in [7, 11) is 0. The van der Waals surface area contributed by atoms with E-state index in [1.54, 1.807) is 0 Å². The zero-order valence-electron chi connectivity index (χ0n) is 18.0. The molecule has 0 saturated heterocycles. The molecule has 0 unspecified atom stereocenters. The van der Waals surface area contributed by atoms with E-state index < -0.39 is 11.2 Å². The maximum atomic E-state index is 11.7. The van der Waals surface area contributed by atoms with Gasteiger partial charge < -0.3 is 10.2 Å². The molecule has 0 aliphatic rings. The van der Waals surface area contributed by atoms with Crippen molar-refractivity contribution >= 4 is 31.9 Å². The van der Waals surface area contributed by atoms with Crippen molar-refractivity contribution in [3.8, 4) is 23.7 Å². The summed E-state index contributed by atoms with van der Waals surface area (Å²) in [5.41, 5.74) is -0.706. The summed E-state index contributed by atoms with van der Waals surface area (Å²) in [5, 5.41) is 23.4. The zero-order chi connectivity index (χ0) is 24.0. The van der Waals surface area contributed by atoms with E-state index in [9.17, 15) is 10.2 Å². The maximum Gasteiger partial charge on any atom is 0.178 e.